The van der Waals surface area contributed by atoms with Crippen molar-refractivity contribution in [1.82, 2.24) is 0 Å². The summed E-state index contributed by atoms with van der Waals surface area (Å²) < 4.78 is 46.3. The van der Waals surface area contributed by atoms with Gasteiger partial charge in [-0.25, -0.2) is 12.8 Å². The number of rotatable bonds is 5. The number of aryl methyl sites for hydroxylation is 1. The molecule has 1 aliphatic rings. The SMILES string of the molecule is COC1CCCN(c2ccc(NS(=O)(=O)c3ccc(F)c(C)c3)cc2)C1. The van der Waals surface area contributed by atoms with Gasteiger partial charge in [0.1, 0.15) is 5.82 Å². The van der Waals surface area contributed by atoms with E-state index in [1.54, 1.807) is 19.2 Å². The molecule has 0 aliphatic carbocycles. The number of nitrogens with one attached hydrogen (secondary N) is 1. The van der Waals surface area contributed by atoms with Crippen molar-refractivity contribution in [1.29, 1.82) is 0 Å². The van der Waals surface area contributed by atoms with Crippen LogP contribution in [0.2, 0.25) is 0 Å². The van der Waals surface area contributed by atoms with Crippen molar-refractivity contribution < 1.29 is 17.5 Å². The molecule has 140 valence electrons. The third-order valence-electron chi connectivity index (χ3n) is 4.64. The zero-order valence-electron chi connectivity index (χ0n) is 14.9. The number of sulfonamides is 1. The number of piperidine rings is 1. The summed E-state index contributed by atoms with van der Waals surface area (Å²) in [7, 11) is -2.03. The van der Waals surface area contributed by atoms with Crippen molar-refractivity contribution in [3.05, 3.63) is 53.8 Å². The number of hydrogen-bond acceptors (Lipinski definition) is 4. The van der Waals surface area contributed by atoms with Crippen LogP contribution in [-0.2, 0) is 14.8 Å². The fraction of sp³-hybridized carbons (Fsp3) is 0.368. The summed E-state index contributed by atoms with van der Waals surface area (Å²) in [6, 6.07) is 11.0. The fourth-order valence-electron chi connectivity index (χ4n) is 3.10. The maximum atomic E-state index is 13.4. The predicted molar refractivity (Wildman–Crippen MR) is 101 cm³/mol. The first-order valence-electron chi connectivity index (χ1n) is 8.56. The van der Waals surface area contributed by atoms with E-state index in [1.165, 1.54) is 19.1 Å². The molecule has 0 radical (unpaired) electrons. The van der Waals surface area contributed by atoms with Crippen LogP contribution in [0.4, 0.5) is 15.8 Å². The average molecular weight is 378 g/mol. The molecule has 0 spiro atoms. The Morgan fingerprint density at radius 1 is 1.19 bits per heavy atom. The van der Waals surface area contributed by atoms with Crippen molar-refractivity contribution in [2.75, 3.05) is 29.8 Å². The van der Waals surface area contributed by atoms with Gasteiger partial charge in [0.25, 0.3) is 10.0 Å². The second kappa shape index (κ2) is 7.63. The third kappa shape index (κ3) is 4.16. The molecule has 5 nitrogen and oxygen atoms in total. The van der Waals surface area contributed by atoms with Gasteiger partial charge < -0.3 is 9.64 Å². The molecular formula is C19H23FN2O3S. The number of anilines is 2. The number of halogens is 1. The van der Waals surface area contributed by atoms with Crippen molar-refractivity contribution in [3.8, 4) is 0 Å². The topological polar surface area (TPSA) is 58.6 Å². The average Bonchev–Trinajstić information content (AvgIpc) is 2.64. The molecule has 1 fully saturated rings. The first-order chi connectivity index (χ1) is 12.4. The van der Waals surface area contributed by atoms with Gasteiger partial charge in [-0.05, 0) is 67.8 Å². The lowest BCUT2D eigenvalue weighted by Gasteiger charge is -2.33. The van der Waals surface area contributed by atoms with Crippen LogP contribution in [0.15, 0.2) is 47.4 Å². The molecule has 0 bridgehead atoms. The molecule has 0 aromatic heterocycles. The van der Waals surface area contributed by atoms with E-state index < -0.39 is 15.8 Å². The highest BCUT2D eigenvalue weighted by Gasteiger charge is 2.20. The largest absolute Gasteiger partial charge is 0.380 e. The van der Waals surface area contributed by atoms with Gasteiger partial charge in [-0.2, -0.15) is 0 Å². The van der Waals surface area contributed by atoms with Crippen molar-refractivity contribution >= 4 is 21.4 Å². The summed E-state index contributed by atoms with van der Waals surface area (Å²) in [4.78, 5) is 2.28. The maximum absolute atomic E-state index is 13.4. The van der Waals surface area contributed by atoms with E-state index in [1.807, 2.05) is 12.1 Å². The van der Waals surface area contributed by atoms with E-state index in [-0.39, 0.29) is 11.0 Å². The molecule has 1 heterocycles. The van der Waals surface area contributed by atoms with Crippen molar-refractivity contribution in [2.45, 2.75) is 30.8 Å². The number of hydrogen-bond donors (Lipinski definition) is 1. The van der Waals surface area contributed by atoms with E-state index in [2.05, 4.69) is 9.62 Å². The molecule has 7 heteroatoms. The van der Waals surface area contributed by atoms with Crippen LogP contribution in [0.1, 0.15) is 18.4 Å². The van der Waals surface area contributed by atoms with Crippen molar-refractivity contribution in [3.63, 3.8) is 0 Å². The first-order valence-corrected chi connectivity index (χ1v) is 10.0. The second-order valence-electron chi connectivity index (χ2n) is 6.51. The summed E-state index contributed by atoms with van der Waals surface area (Å²) in [6.07, 6.45) is 2.35. The zero-order valence-corrected chi connectivity index (χ0v) is 15.7. The molecule has 0 saturated carbocycles. The second-order valence-corrected chi connectivity index (χ2v) is 8.19. The Kier molecular flexibility index (Phi) is 5.48. The van der Waals surface area contributed by atoms with Gasteiger partial charge in [-0.1, -0.05) is 0 Å². The fourth-order valence-corrected chi connectivity index (χ4v) is 4.25. The van der Waals surface area contributed by atoms with Gasteiger partial charge >= 0.3 is 0 Å². The summed E-state index contributed by atoms with van der Waals surface area (Å²) >= 11 is 0. The lowest BCUT2D eigenvalue weighted by atomic mass is 10.1. The number of benzene rings is 2. The molecule has 26 heavy (non-hydrogen) atoms. The Morgan fingerprint density at radius 2 is 1.92 bits per heavy atom. The van der Waals surface area contributed by atoms with Crippen LogP contribution < -0.4 is 9.62 Å². The first kappa shape index (κ1) is 18.7. The van der Waals surface area contributed by atoms with Gasteiger partial charge in [0.15, 0.2) is 0 Å². The molecule has 1 atom stereocenters. The van der Waals surface area contributed by atoms with Crippen LogP contribution in [0.5, 0.6) is 0 Å². The molecule has 1 aliphatic heterocycles. The summed E-state index contributed by atoms with van der Waals surface area (Å²) in [6.45, 7) is 3.32. The Bertz CT molecular complexity index is 869. The quantitative estimate of drug-likeness (QED) is 0.864. The number of nitrogens with zero attached hydrogens (tertiary/aromatic N) is 1. The van der Waals surface area contributed by atoms with Gasteiger partial charge in [-0.3, -0.25) is 4.72 Å². The molecular weight excluding hydrogens is 355 g/mol. The lowest BCUT2D eigenvalue weighted by molar-refractivity contribution is 0.0893. The van der Waals surface area contributed by atoms with E-state index in [0.717, 1.165) is 37.7 Å². The molecule has 3 rings (SSSR count). The Labute approximate surface area is 153 Å². The highest BCUT2D eigenvalue weighted by Crippen LogP contribution is 2.24. The summed E-state index contributed by atoms with van der Waals surface area (Å²) in [5.41, 5.74) is 1.80. The van der Waals surface area contributed by atoms with Crippen LogP contribution in [-0.4, -0.2) is 34.7 Å². The minimum absolute atomic E-state index is 0.0412. The van der Waals surface area contributed by atoms with Crippen LogP contribution in [0.3, 0.4) is 0 Å². The monoisotopic (exact) mass is 378 g/mol. The summed E-state index contributed by atoms with van der Waals surface area (Å²) in [5, 5.41) is 0. The number of methoxy groups -OCH3 is 1. The lowest BCUT2D eigenvalue weighted by Crippen LogP contribution is -2.39. The number of ether oxygens (including phenoxy) is 1. The minimum atomic E-state index is -3.75. The van der Waals surface area contributed by atoms with Crippen LogP contribution in [0, 0.1) is 12.7 Å². The molecule has 0 amide bonds. The van der Waals surface area contributed by atoms with Crippen LogP contribution in [0.25, 0.3) is 0 Å². The van der Waals surface area contributed by atoms with E-state index in [4.69, 9.17) is 4.74 Å². The summed E-state index contributed by atoms with van der Waals surface area (Å²) in [5.74, 6) is -0.427. The van der Waals surface area contributed by atoms with Gasteiger partial charge in [-0.15, -0.1) is 0 Å². The highest BCUT2D eigenvalue weighted by molar-refractivity contribution is 7.92. The van der Waals surface area contributed by atoms with Gasteiger partial charge in [0.2, 0.25) is 0 Å². The van der Waals surface area contributed by atoms with Crippen molar-refractivity contribution in [2.24, 2.45) is 0 Å². The van der Waals surface area contributed by atoms with E-state index >= 15 is 0 Å². The Hall–Kier alpha value is -2.12. The molecule has 2 aromatic rings. The van der Waals surface area contributed by atoms with Gasteiger partial charge in [0, 0.05) is 31.6 Å². The van der Waals surface area contributed by atoms with E-state index in [9.17, 15) is 12.8 Å². The third-order valence-corrected chi connectivity index (χ3v) is 6.01. The van der Waals surface area contributed by atoms with Crippen LogP contribution >= 0.6 is 0 Å². The molecule has 2 aromatic carbocycles. The van der Waals surface area contributed by atoms with Gasteiger partial charge in [0.05, 0.1) is 11.0 Å². The standard InChI is InChI=1S/C19H23FN2O3S/c1-14-12-18(9-10-19(14)20)26(23,24)21-15-5-7-16(8-6-15)22-11-3-4-17(13-22)25-2/h5-10,12,17,21H,3-4,11,13H2,1-2H3. The minimum Gasteiger partial charge on any atom is -0.380 e. The Morgan fingerprint density at radius 3 is 2.58 bits per heavy atom. The zero-order chi connectivity index (χ0) is 18.7. The van der Waals surface area contributed by atoms with E-state index in [0.29, 0.717) is 11.3 Å². The molecule has 1 saturated heterocycles. The normalized spacial score (nSPS) is 18.0. The molecule has 1 unspecified atom stereocenters. The Balaban J connectivity index is 1.73. The molecule has 1 N–H and O–H groups in total. The predicted octanol–water partition coefficient (Wildman–Crippen LogP) is 3.55. The smallest absolute Gasteiger partial charge is 0.261 e. The maximum Gasteiger partial charge on any atom is 0.261 e. The highest BCUT2D eigenvalue weighted by atomic mass is 32.2.